The van der Waals surface area contributed by atoms with E-state index >= 15 is 0 Å². The Balaban J connectivity index is 2.21. The van der Waals surface area contributed by atoms with E-state index in [2.05, 4.69) is 21.2 Å². The number of aromatic hydroxyl groups is 1. The van der Waals surface area contributed by atoms with Crippen molar-refractivity contribution in [3.05, 3.63) is 58.1 Å². The second kappa shape index (κ2) is 5.57. The first-order valence-corrected chi connectivity index (χ1v) is 6.46. The molecule has 100 valence electrons. The Labute approximate surface area is 118 Å². The molecule has 2 aromatic carbocycles. The summed E-state index contributed by atoms with van der Waals surface area (Å²) in [5.74, 6) is -0.891. The average Bonchev–Trinajstić information content (AvgIpc) is 2.36. The minimum Gasteiger partial charge on any atom is -0.508 e. The van der Waals surface area contributed by atoms with E-state index in [0.29, 0.717) is 0 Å². The summed E-state index contributed by atoms with van der Waals surface area (Å²) in [5.41, 5.74) is 0.960. The van der Waals surface area contributed by atoms with E-state index in [9.17, 15) is 13.9 Å². The van der Waals surface area contributed by atoms with E-state index in [1.54, 1.807) is 24.3 Å². The van der Waals surface area contributed by atoms with Gasteiger partial charge in [0, 0.05) is 12.1 Å². The van der Waals surface area contributed by atoms with E-state index in [1.807, 2.05) is 6.92 Å². The van der Waals surface area contributed by atoms with Crippen LogP contribution in [0, 0.1) is 11.6 Å². The van der Waals surface area contributed by atoms with Crippen molar-refractivity contribution in [1.29, 1.82) is 0 Å². The highest BCUT2D eigenvalue weighted by Crippen LogP contribution is 2.27. The lowest BCUT2D eigenvalue weighted by atomic mass is 10.1. The van der Waals surface area contributed by atoms with Crippen LogP contribution in [0.15, 0.2) is 40.9 Å². The molecule has 2 nitrogen and oxygen atoms in total. The minimum absolute atomic E-state index is 0.0906. The van der Waals surface area contributed by atoms with Crippen molar-refractivity contribution in [3.8, 4) is 5.75 Å². The molecule has 0 radical (unpaired) electrons. The molecule has 0 fully saturated rings. The van der Waals surface area contributed by atoms with Gasteiger partial charge in [0.15, 0.2) is 0 Å². The van der Waals surface area contributed by atoms with Crippen LogP contribution >= 0.6 is 15.9 Å². The second-order valence-electron chi connectivity index (χ2n) is 4.20. The Morgan fingerprint density at radius 2 is 1.74 bits per heavy atom. The predicted octanol–water partition coefficient (Wildman–Crippen LogP) is 4.61. The van der Waals surface area contributed by atoms with Crippen LogP contribution in [0.2, 0.25) is 0 Å². The van der Waals surface area contributed by atoms with Gasteiger partial charge in [0.05, 0.1) is 10.2 Å². The maximum Gasteiger partial charge on any atom is 0.147 e. The maximum absolute atomic E-state index is 13.7. The SMILES string of the molecule is CC(Nc1cc(F)c(Br)cc1F)c1ccc(O)cc1. The zero-order chi connectivity index (χ0) is 14.0. The van der Waals surface area contributed by atoms with Gasteiger partial charge in [-0.3, -0.25) is 0 Å². The van der Waals surface area contributed by atoms with Crippen molar-refractivity contribution in [2.75, 3.05) is 5.32 Å². The van der Waals surface area contributed by atoms with Gasteiger partial charge in [-0.05, 0) is 46.6 Å². The molecular weight excluding hydrogens is 316 g/mol. The van der Waals surface area contributed by atoms with Gasteiger partial charge in [-0.1, -0.05) is 12.1 Å². The Kier molecular flexibility index (Phi) is 4.04. The van der Waals surface area contributed by atoms with Gasteiger partial charge in [-0.15, -0.1) is 0 Å². The Bertz CT molecular complexity index is 587. The third kappa shape index (κ3) is 3.23. The molecular formula is C14H12BrF2NO. The number of phenolic OH excluding ortho intramolecular Hbond substituents is 1. The number of phenols is 1. The molecule has 2 aromatic rings. The fraction of sp³-hybridized carbons (Fsp3) is 0.143. The van der Waals surface area contributed by atoms with Crippen LogP contribution in [0.5, 0.6) is 5.75 Å². The van der Waals surface area contributed by atoms with Gasteiger partial charge in [-0.2, -0.15) is 0 Å². The normalized spacial score (nSPS) is 12.2. The molecule has 0 saturated carbocycles. The highest BCUT2D eigenvalue weighted by atomic mass is 79.9. The molecule has 0 aliphatic heterocycles. The number of nitrogens with one attached hydrogen (secondary N) is 1. The van der Waals surface area contributed by atoms with Crippen LogP contribution in [-0.4, -0.2) is 5.11 Å². The van der Waals surface area contributed by atoms with Crippen LogP contribution < -0.4 is 5.32 Å². The van der Waals surface area contributed by atoms with Crippen molar-refractivity contribution < 1.29 is 13.9 Å². The van der Waals surface area contributed by atoms with Crippen molar-refractivity contribution in [2.45, 2.75) is 13.0 Å². The molecule has 2 rings (SSSR count). The first-order chi connectivity index (χ1) is 8.97. The molecule has 0 aliphatic rings. The van der Waals surface area contributed by atoms with Gasteiger partial charge >= 0.3 is 0 Å². The number of benzene rings is 2. The molecule has 0 aliphatic carbocycles. The zero-order valence-electron chi connectivity index (χ0n) is 10.1. The fourth-order valence-corrected chi connectivity index (χ4v) is 2.03. The molecule has 0 heterocycles. The summed E-state index contributed by atoms with van der Waals surface area (Å²) in [7, 11) is 0. The lowest BCUT2D eigenvalue weighted by molar-refractivity contribution is 0.475. The third-order valence-corrected chi connectivity index (χ3v) is 3.38. The molecule has 5 heteroatoms. The standard InChI is InChI=1S/C14H12BrF2NO/c1-8(9-2-4-10(19)5-3-9)18-14-7-12(16)11(15)6-13(14)17/h2-8,18-19H,1H3. The van der Waals surface area contributed by atoms with E-state index in [4.69, 9.17) is 0 Å². The number of rotatable bonds is 3. The number of hydrogen-bond donors (Lipinski definition) is 2. The largest absolute Gasteiger partial charge is 0.508 e. The summed E-state index contributed by atoms with van der Waals surface area (Å²) in [4.78, 5) is 0. The van der Waals surface area contributed by atoms with E-state index in [0.717, 1.165) is 17.7 Å². The Morgan fingerprint density at radius 1 is 1.11 bits per heavy atom. The van der Waals surface area contributed by atoms with Crippen LogP contribution in [0.1, 0.15) is 18.5 Å². The summed E-state index contributed by atoms with van der Waals surface area (Å²) in [5, 5.41) is 12.1. The smallest absolute Gasteiger partial charge is 0.147 e. The molecule has 19 heavy (non-hydrogen) atoms. The van der Waals surface area contributed by atoms with Crippen molar-refractivity contribution >= 4 is 21.6 Å². The lowest BCUT2D eigenvalue weighted by Gasteiger charge is -2.16. The second-order valence-corrected chi connectivity index (χ2v) is 5.06. The molecule has 0 bridgehead atoms. The van der Waals surface area contributed by atoms with Gasteiger partial charge < -0.3 is 10.4 Å². The summed E-state index contributed by atoms with van der Waals surface area (Å²) < 4.78 is 27.1. The number of halogens is 3. The Morgan fingerprint density at radius 3 is 2.37 bits per heavy atom. The van der Waals surface area contributed by atoms with Crippen LogP contribution in [0.4, 0.5) is 14.5 Å². The summed E-state index contributed by atoms with van der Waals surface area (Å²) >= 11 is 2.93. The van der Waals surface area contributed by atoms with Crippen LogP contribution in [0.3, 0.4) is 0 Å². The molecule has 0 amide bonds. The molecule has 2 N–H and O–H groups in total. The first-order valence-electron chi connectivity index (χ1n) is 5.67. The summed E-state index contributed by atoms with van der Waals surface area (Å²) in [6.07, 6.45) is 0. The molecule has 0 spiro atoms. The van der Waals surface area contributed by atoms with Crippen LogP contribution in [-0.2, 0) is 0 Å². The fourth-order valence-electron chi connectivity index (χ4n) is 1.71. The first kappa shape index (κ1) is 13.8. The number of anilines is 1. The highest BCUT2D eigenvalue weighted by Gasteiger charge is 2.11. The molecule has 1 atom stereocenters. The Hall–Kier alpha value is -1.62. The van der Waals surface area contributed by atoms with Gasteiger partial charge in [0.1, 0.15) is 17.4 Å². The van der Waals surface area contributed by atoms with E-state index in [-0.39, 0.29) is 22.0 Å². The average molecular weight is 328 g/mol. The van der Waals surface area contributed by atoms with Gasteiger partial charge in [0.25, 0.3) is 0 Å². The highest BCUT2D eigenvalue weighted by molar-refractivity contribution is 9.10. The van der Waals surface area contributed by atoms with Gasteiger partial charge in [-0.25, -0.2) is 8.78 Å². The molecule has 1 unspecified atom stereocenters. The zero-order valence-corrected chi connectivity index (χ0v) is 11.7. The van der Waals surface area contributed by atoms with Crippen molar-refractivity contribution in [2.24, 2.45) is 0 Å². The quantitative estimate of drug-likeness (QED) is 0.807. The maximum atomic E-state index is 13.7. The minimum atomic E-state index is -0.529. The molecule has 0 aromatic heterocycles. The topological polar surface area (TPSA) is 32.3 Å². The van der Waals surface area contributed by atoms with Crippen molar-refractivity contribution in [3.63, 3.8) is 0 Å². The van der Waals surface area contributed by atoms with E-state index < -0.39 is 11.6 Å². The number of hydrogen-bond acceptors (Lipinski definition) is 2. The van der Waals surface area contributed by atoms with Crippen molar-refractivity contribution in [1.82, 2.24) is 0 Å². The monoisotopic (exact) mass is 327 g/mol. The van der Waals surface area contributed by atoms with Gasteiger partial charge in [0.2, 0.25) is 0 Å². The predicted molar refractivity (Wildman–Crippen MR) is 74.2 cm³/mol. The summed E-state index contributed by atoms with van der Waals surface area (Å²) in [6, 6.07) is 8.52. The van der Waals surface area contributed by atoms with E-state index in [1.165, 1.54) is 0 Å². The summed E-state index contributed by atoms with van der Waals surface area (Å²) in [6.45, 7) is 1.83. The lowest BCUT2D eigenvalue weighted by Crippen LogP contribution is -2.08. The molecule has 0 saturated heterocycles. The third-order valence-electron chi connectivity index (χ3n) is 2.78. The van der Waals surface area contributed by atoms with Crippen LogP contribution in [0.25, 0.3) is 0 Å².